The summed E-state index contributed by atoms with van der Waals surface area (Å²) in [7, 11) is 1.52. The summed E-state index contributed by atoms with van der Waals surface area (Å²) >= 11 is 1.49. The number of nitrogens with zero attached hydrogens (tertiary/aromatic N) is 2. The molecule has 0 spiro atoms. The molecule has 8 heteroatoms. The maximum absolute atomic E-state index is 12.0. The average Bonchev–Trinajstić information content (AvgIpc) is 2.67. The molecule has 18 heavy (non-hydrogen) atoms. The highest BCUT2D eigenvalue weighted by Crippen LogP contribution is 2.18. The van der Waals surface area contributed by atoms with Crippen LogP contribution in [0.3, 0.4) is 0 Å². The molecule has 1 rings (SSSR count). The number of nitrogens with one attached hydrogen (secondary N) is 2. The molecule has 0 saturated carbocycles. The third-order valence-corrected chi connectivity index (χ3v) is 3.12. The van der Waals surface area contributed by atoms with E-state index in [4.69, 9.17) is 0 Å². The third kappa shape index (κ3) is 5.35. The molecule has 0 aliphatic carbocycles. The summed E-state index contributed by atoms with van der Waals surface area (Å²) < 4.78 is 35.9. The summed E-state index contributed by atoms with van der Waals surface area (Å²) in [6.07, 6.45) is -5.03. The molecule has 0 fully saturated rings. The molecule has 0 amide bonds. The van der Waals surface area contributed by atoms with Crippen LogP contribution in [0.25, 0.3) is 0 Å². The normalized spacial score (nSPS) is 12.6. The molecule has 1 heterocycles. The Bertz CT molecular complexity index is 400. The molecular weight excluding hydrogens is 265 g/mol. The van der Waals surface area contributed by atoms with Crippen LogP contribution in [-0.4, -0.2) is 30.7 Å². The zero-order valence-corrected chi connectivity index (χ0v) is 11.0. The van der Waals surface area contributed by atoms with E-state index in [2.05, 4.69) is 20.6 Å². The summed E-state index contributed by atoms with van der Waals surface area (Å²) in [5, 5.41) is 5.55. The van der Waals surface area contributed by atoms with E-state index in [0.29, 0.717) is 12.5 Å². The van der Waals surface area contributed by atoms with Crippen LogP contribution in [0.1, 0.15) is 17.0 Å². The number of aromatic nitrogens is 1. The third-order valence-electron chi connectivity index (χ3n) is 2.19. The molecule has 0 radical (unpaired) electrons. The Labute approximate surface area is 107 Å². The van der Waals surface area contributed by atoms with E-state index in [1.54, 1.807) is 5.51 Å². The van der Waals surface area contributed by atoms with Gasteiger partial charge in [0, 0.05) is 18.5 Å². The standard InChI is InChI=1S/C10H15F3N4S/c1-7-8(18-6-17-7)5-16-9(14-2)15-4-3-10(11,12)13/h6H,3-5H2,1-2H3,(H2,14,15,16). The van der Waals surface area contributed by atoms with Crippen molar-refractivity contribution in [3.63, 3.8) is 0 Å². The number of alkyl halides is 3. The highest BCUT2D eigenvalue weighted by molar-refractivity contribution is 7.09. The number of thiazole rings is 1. The smallest absolute Gasteiger partial charge is 0.356 e. The predicted octanol–water partition coefficient (Wildman–Crippen LogP) is 2.07. The van der Waals surface area contributed by atoms with Crippen LogP contribution in [0.4, 0.5) is 13.2 Å². The number of aliphatic imine (C=N–C) groups is 1. The lowest BCUT2D eigenvalue weighted by Gasteiger charge is -2.12. The molecule has 0 aromatic carbocycles. The fraction of sp³-hybridized carbons (Fsp3) is 0.600. The minimum absolute atomic E-state index is 0.190. The van der Waals surface area contributed by atoms with E-state index in [0.717, 1.165) is 10.6 Å². The van der Waals surface area contributed by atoms with Crippen molar-refractivity contribution in [2.24, 2.45) is 4.99 Å². The second-order valence-electron chi connectivity index (χ2n) is 3.58. The fourth-order valence-electron chi connectivity index (χ4n) is 1.20. The van der Waals surface area contributed by atoms with Crippen molar-refractivity contribution >= 4 is 17.3 Å². The maximum atomic E-state index is 12.0. The van der Waals surface area contributed by atoms with Gasteiger partial charge in [-0.05, 0) is 6.92 Å². The van der Waals surface area contributed by atoms with Gasteiger partial charge in [-0.1, -0.05) is 0 Å². The van der Waals surface area contributed by atoms with Gasteiger partial charge in [0.2, 0.25) is 0 Å². The van der Waals surface area contributed by atoms with Gasteiger partial charge in [0.25, 0.3) is 0 Å². The van der Waals surface area contributed by atoms with Gasteiger partial charge >= 0.3 is 6.18 Å². The Morgan fingerprint density at radius 3 is 2.67 bits per heavy atom. The lowest BCUT2D eigenvalue weighted by Crippen LogP contribution is -2.38. The first-order chi connectivity index (χ1) is 8.42. The van der Waals surface area contributed by atoms with Crippen LogP contribution in [0.2, 0.25) is 0 Å². The van der Waals surface area contributed by atoms with Gasteiger partial charge < -0.3 is 10.6 Å². The van der Waals surface area contributed by atoms with Gasteiger partial charge in [0.05, 0.1) is 24.2 Å². The molecule has 0 saturated heterocycles. The number of hydrogen-bond donors (Lipinski definition) is 2. The maximum Gasteiger partial charge on any atom is 0.390 e. The fourth-order valence-corrected chi connectivity index (χ4v) is 1.92. The summed E-state index contributed by atoms with van der Waals surface area (Å²) in [5.74, 6) is 0.354. The molecule has 4 nitrogen and oxygen atoms in total. The average molecular weight is 280 g/mol. The van der Waals surface area contributed by atoms with Crippen molar-refractivity contribution in [2.45, 2.75) is 26.1 Å². The molecule has 0 aliphatic heterocycles. The van der Waals surface area contributed by atoms with E-state index in [9.17, 15) is 13.2 Å². The van der Waals surface area contributed by atoms with E-state index in [-0.39, 0.29) is 6.54 Å². The van der Waals surface area contributed by atoms with Gasteiger partial charge in [-0.3, -0.25) is 4.99 Å². The summed E-state index contributed by atoms with van der Waals surface area (Å²) in [4.78, 5) is 8.97. The molecule has 0 atom stereocenters. The second kappa shape index (κ2) is 6.58. The first-order valence-electron chi connectivity index (χ1n) is 5.32. The van der Waals surface area contributed by atoms with Crippen LogP contribution in [0, 0.1) is 6.92 Å². The van der Waals surface area contributed by atoms with Crippen molar-refractivity contribution < 1.29 is 13.2 Å². The van der Waals surface area contributed by atoms with Crippen LogP contribution < -0.4 is 10.6 Å². The van der Waals surface area contributed by atoms with Gasteiger partial charge in [0.1, 0.15) is 0 Å². The van der Waals surface area contributed by atoms with E-state index >= 15 is 0 Å². The minimum atomic E-state index is -4.15. The number of aryl methyl sites for hydroxylation is 1. The first-order valence-corrected chi connectivity index (χ1v) is 6.20. The summed E-state index contributed by atoms with van der Waals surface area (Å²) in [6.45, 7) is 2.19. The largest absolute Gasteiger partial charge is 0.390 e. The molecule has 102 valence electrons. The highest BCUT2D eigenvalue weighted by atomic mass is 32.1. The van der Waals surface area contributed by atoms with Crippen LogP contribution >= 0.6 is 11.3 Å². The number of hydrogen-bond acceptors (Lipinski definition) is 3. The summed E-state index contributed by atoms with van der Waals surface area (Å²) in [5.41, 5.74) is 2.64. The van der Waals surface area contributed by atoms with E-state index in [1.807, 2.05) is 6.92 Å². The lowest BCUT2D eigenvalue weighted by atomic mass is 10.4. The monoisotopic (exact) mass is 280 g/mol. The Morgan fingerprint density at radius 1 is 1.44 bits per heavy atom. The minimum Gasteiger partial charge on any atom is -0.356 e. The molecule has 1 aromatic rings. The molecule has 0 unspecified atom stereocenters. The highest BCUT2D eigenvalue weighted by Gasteiger charge is 2.26. The second-order valence-corrected chi connectivity index (χ2v) is 4.52. The first kappa shape index (κ1) is 14.7. The van der Waals surface area contributed by atoms with E-state index < -0.39 is 12.6 Å². The molecule has 1 aromatic heterocycles. The lowest BCUT2D eigenvalue weighted by molar-refractivity contribution is -0.132. The van der Waals surface area contributed by atoms with Crippen LogP contribution in [0.5, 0.6) is 0 Å². The van der Waals surface area contributed by atoms with Crippen molar-refractivity contribution in [3.8, 4) is 0 Å². The molecular formula is C10H15F3N4S. The van der Waals surface area contributed by atoms with Crippen molar-refractivity contribution in [2.75, 3.05) is 13.6 Å². The van der Waals surface area contributed by atoms with Gasteiger partial charge in [-0.15, -0.1) is 11.3 Å². The zero-order valence-electron chi connectivity index (χ0n) is 10.1. The van der Waals surface area contributed by atoms with Gasteiger partial charge in [-0.2, -0.15) is 13.2 Å². The Kier molecular flexibility index (Phi) is 5.39. The Balaban J connectivity index is 2.33. The topological polar surface area (TPSA) is 49.3 Å². The Morgan fingerprint density at radius 2 is 2.17 bits per heavy atom. The quantitative estimate of drug-likeness (QED) is 0.655. The Hall–Kier alpha value is -1.31. The van der Waals surface area contributed by atoms with Crippen molar-refractivity contribution in [3.05, 3.63) is 16.1 Å². The SMILES string of the molecule is CN=C(NCCC(F)(F)F)NCc1scnc1C. The zero-order chi connectivity index (χ0) is 13.6. The molecule has 2 N–H and O–H groups in total. The van der Waals surface area contributed by atoms with Crippen molar-refractivity contribution in [1.82, 2.24) is 15.6 Å². The number of halogens is 3. The molecule has 0 aliphatic rings. The van der Waals surface area contributed by atoms with Gasteiger partial charge in [-0.25, -0.2) is 4.98 Å². The molecule has 0 bridgehead atoms. The van der Waals surface area contributed by atoms with Crippen LogP contribution in [0.15, 0.2) is 10.5 Å². The van der Waals surface area contributed by atoms with Gasteiger partial charge in [0.15, 0.2) is 5.96 Å². The van der Waals surface area contributed by atoms with E-state index in [1.165, 1.54) is 18.4 Å². The summed E-state index contributed by atoms with van der Waals surface area (Å²) in [6, 6.07) is 0. The van der Waals surface area contributed by atoms with Crippen molar-refractivity contribution in [1.29, 1.82) is 0 Å². The number of rotatable bonds is 4. The van der Waals surface area contributed by atoms with Crippen LogP contribution in [-0.2, 0) is 6.54 Å². The predicted molar refractivity (Wildman–Crippen MR) is 65.7 cm³/mol. The number of guanidine groups is 1.